The van der Waals surface area contributed by atoms with Crippen molar-refractivity contribution in [2.75, 3.05) is 39.9 Å². The SMILES string of the molecule is COCCCN1C(=O)N(C(C)C)C2(CC3CCC(C2)N3C[C@H]2CN(C(=O)CC(C)(C)C)C[C@@H]2c2ccccc2)C1=O. The molecule has 4 amide bonds. The van der Waals surface area contributed by atoms with Gasteiger partial charge in [0.15, 0.2) is 0 Å². The second-order valence-electron chi connectivity index (χ2n) is 14.4. The van der Waals surface area contributed by atoms with E-state index in [1.807, 2.05) is 18.7 Å². The standard InChI is InChI=1S/C33H50N4O4/c1-23(2)37-31(40)35(15-10-16-41-6)30(39)33(37)17-26-13-14-27(18-33)36(26)21-25-20-34(29(38)19-32(3,4)5)22-28(25)24-11-8-7-9-12-24/h7-9,11-12,23,25-28H,10,13-22H2,1-6H3/t25-,26?,27?,28-,33?/m1/s1. The van der Waals surface area contributed by atoms with Crippen molar-refractivity contribution < 1.29 is 19.1 Å². The zero-order chi connectivity index (χ0) is 29.5. The van der Waals surface area contributed by atoms with Crippen molar-refractivity contribution in [3.05, 3.63) is 35.9 Å². The molecule has 4 heterocycles. The van der Waals surface area contributed by atoms with Gasteiger partial charge in [-0.3, -0.25) is 19.4 Å². The van der Waals surface area contributed by atoms with Crippen LogP contribution in [-0.2, 0) is 14.3 Å². The predicted octanol–water partition coefficient (Wildman–Crippen LogP) is 4.74. The Kier molecular flexibility index (Phi) is 8.55. The van der Waals surface area contributed by atoms with Crippen LogP contribution < -0.4 is 0 Å². The summed E-state index contributed by atoms with van der Waals surface area (Å²) < 4.78 is 5.20. The van der Waals surface area contributed by atoms with Crippen LogP contribution >= 0.6 is 0 Å². The second kappa shape index (κ2) is 11.7. The van der Waals surface area contributed by atoms with E-state index in [-0.39, 0.29) is 41.4 Å². The first-order valence-electron chi connectivity index (χ1n) is 15.7. The summed E-state index contributed by atoms with van der Waals surface area (Å²) in [4.78, 5) is 49.0. The molecule has 4 aliphatic heterocycles. The number of rotatable bonds is 9. The number of hydrogen-bond donors (Lipinski definition) is 0. The molecule has 0 N–H and O–H groups in total. The largest absolute Gasteiger partial charge is 0.385 e. The molecule has 2 unspecified atom stereocenters. The Morgan fingerprint density at radius 1 is 1.05 bits per heavy atom. The van der Waals surface area contributed by atoms with Gasteiger partial charge in [-0.15, -0.1) is 0 Å². The summed E-state index contributed by atoms with van der Waals surface area (Å²) in [7, 11) is 1.65. The van der Waals surface area contributed by atoms with Gasteiger partial charge in [0, 0.05) is 70.4 Å². The minimum Gasteiger partial charge on any atom is -0.385 e. The number of likely N-dealkylation sites (tertiary alicyclic amines) is 1. The van der Waals surface area contributed by atoms with Crippen LogP contribution in [0.15, 0.2) is 30.3 Å². The maximum atomic E-state index is 14.0. The van der Waals surface area contributed by atoms with Crippen molar-refractivity contribution >= 4 is 17.8 Å². The number of nitrogens with zero attached hydrogens (tertiary/aromatic N) is 4. The Morgan fingerprint density at radius 3 is 2.29 bits per heavy atom. The number of fused-ring (bicyclic) bond motifs is 2. The van der Waals surface area contributed by atoms with Gasteiger partial charge in [-0.05, 0) is 62.8 Å². The van der Waals surface area contributed by atoms with Gasteiger partial charge in [0.05, 0.1) is 0 Å². The quantitative estimate of drug-likeness (QED) is 0.319. The molecule has 0 saturated carbocycles. The number of amides is 4. The third-order valence-electron chi connectivity index (χ3n) is 9.85. The van der Waals surface area contributed by atoms with Crippen LogP contribution in [0.4, 0.5) is 4.79 Å². The monoisotopic (exact) mass is 566 g/mol. The zero-order valence-electron chi connectivity index (χ0n) is 26.0. The van der Waals surface area contributed by atoms with Gasteiger partial charge >= 0.3 is 6.03 Å². The Bertz CT molecular complexity index is 1100. The average molecular weight is 567 g/mol. The van der Waals surface area contributed by atoms with Crippen LogP contribution in [0, 0.1) is 11.3 Å². The van der Waals surface area contributed by atoms with Crippen molar-refractivity contribution in [1.29, 1.82) is 0 Å². The Morgan fingerprint density at radius 2 is 1.71 bits per heavy atom. The normalized spacial score (nSPS) is 30.5. The third-order valence-corrected chi connectivity index (χ3v) is 9.85. The van der Waals surface area contributed by atoms with E-state index in [9.17, 15) is 14.4 Å². The summed E-state index contributed by atoms with van der Waals surface area (Å²) in [5.41, 5.74) is 0.519. The number of carbonyl (C=O) groups is 3. The van der Waals surface area contributed by atoms with Gasteiger partial charge in [0.25, 0.3) is 5.91 Å². The van der Waals surface area contributed by atoms with Crippen molar-refractivity contribution in [1.82, 2.24) is 19.6 Å². The van der Waals surface area contributed by atoms with Crippen LogP contribution in [0.3, 0.4) is 0 Å². The van der Waals surface area contributed by atoms with Crippen molar-refractivity contribution in [3.8, 4) is 0 Å². The average Bonchev–Trinajstić information content (AvgIpc) is 3.49. The van der Waals surface area contributed by atoms with Crippen molar-refractivity contribution in [2.45, 2.75) is 103 Å². The fourth-order valence-corrected chi connectivity index (χ4v) is 8.19. The maximum Gasteiger partial charge on any atom is 0.327 e. The van der Waals surface area contributed by atoms with Crippen molar-refractivity contribution in [3.63, 3.8) is 0 Å². The van der Waals surface area contributed by atoms with Gasteiger partial charge in [-0.25, -0.2) is 4.79 Å². The van der Waals surface area contributed by atoms with E-state index >= 15 is 0 Å². The molecule has 8 nitrogen and oxygen atoms in total. The lowest BCUT2D eigenvalue weighted by molar-refractivity contribution is -0.138. The first kappa shape index (κ1) is 30.0. The molecule has 1 aromatic carbocycles. The van der Waals surface area contributed by atoms with E-state index in [1.54, 1.807) is 7.11 Å². The Labute approximate surface area is 246 Å². The summed E-state index contributed by atoms with van der Waals surface area (Å²) in [6.07, 6.45) is 4.71. The van der Waals surface area contributed by atoms with Crippen molar-refractivity contribution in [2.24, 2.45) is 11.3 Å². The number of hydrogen-bond acceptors (Lipinski definition) is 5. The molecule has 5 rings (SSSR count). The number of benzene rings is 1. The highest BCUT2D eigenvalue weighted by Crippen LogP contribution is 2.49. The molecule has 4 saturated heterocycles. The molecule has 2 bridgehead atoms. The second-order valence-corrected chi connectivity index (χ2v) is 14.4. The fourth-order valence-electron chi connectivity index (χ4n) is 8.19. The smallest absolute Gasteiger partial charge is 0.327 e. The summed E-state index contributed by atoms with van der Waals surface area (Å²) in [6, 6.07) is 11.0. The molecule has 4 atom stereocenters. The summed E-state index contributed by atoms with van der Waals surface area (Å²) in [5.74, 6) is 0.878. The van der Waals surface area contributed by atoms with E-state index in [0.29, 0.717) is 50.7 Å². The van der Waals surface area contributed by atoms with E-state index in [4.69, 9.17) is 4.74 Å². The molecule has 8 heteroatoms. The molecule has 0 aliphatic carbocycles. The zero-order valence-corrected chi connectivity index (χ0v) is 26.0. The van der Waals surface area contributed by atoms with Crippen LogP contribution in [0.5, 0.6) is 0 Å². The molecule has 0 radical (unpaired) electrons. The number of ether oxygens (including phenoxy) is 1. The molecular formula is C33H50N4O4. The number of methoxy groups -OCH3 is 1. The highest BCUT2D eigenvalue weighted by atomic mass is 16.5. The van der Waals surface area contributed by atoms with Gasteiger partial charge in [-0.2, -0.15) is 0 Å². The molecule has 4 fully saturated rings. The van der Waals surface area contributed by atoms with Gasteiger partial charge in [0.2, 0.25) is 5.91 Å². The maximum absolute atomic E-state index is 14.0. The van der Waals surface area contributed by atoms with E-state index < -0.39 is 5.54 Å². The lowest BCUT2D eigenvalue weighted by Gasteiger charge is -2.48. The number of piperidine rings is 1. The fraction of sp³-hybridized carbons (Fsp3) is 0.727. The minimum atomic E-state index is -0.746. The third kappa shape index (κ3) is 5.79. The first-order chi connectivity index (χ1) is 19.4. The summed E-state index contributed by atoms with van der Waals surface area (Å²) >= 11 is 0. The molecule has 0 aromatic heterocycles. The molecular weight excluding hydrogens is 516 g/mol. The topological polar surface area (TPSA) is 73.4 Å². The number of imide groups is 1. The lowest BCUT2D eigenvalue weighted by Crippen LogP contribution is -2.62. The van der Waals surface area contributed by atoms with Gasteiger partial charge in [0.1, 0.15) is 5.54 Å². The summed E-state index contributed by atoms with van der Waals surface area (Å²) in [5, 5.41) is 0. The predicted molar refractivity (Wildman–Crippen MR) is 159 cm³/mol. The number of carbonyl (C=O) groups excluding carboxylic acids is 3. The van der Waals surface area contributed by atoms with Crippen LogP contribution in [-0.4, -0.2) is 101 Å². The lowest BCUT2D eigenvalue weighted by atomic mass is 9.79. The molecule has 226 valence electrons. The Hall–Kier alpha value is -2.45. The van der Waals surface area contributed by atoms with E-state index in [1.165, 1.54) is 10.5 Å². The van der Waals surface area contributed by atoms with Crippen LogP contribution in [0.25, 0.3) is 0 Å². The molecule has 41 heavy (non-hydrogen) atoms. The van der Waals surface area contributed by atoms with Gasteiger partial charge in [-0.1, -0.05) is 51.1 Å². The number of urea groups is 1. The highest BCUT2D eigenvalue weighted by Gasteiger charge is 2.63. The minimum absolute atomic E-state index is 0.00849. The van der Waals surface area contributed by atoms with Crippen LogP contribution in [0.2, 0.25) is 0 Å². The Balaban J connectivity index is 1.35. The molecule has 1 aromatic rings. The first-order valence-corrected chi connectivity index (χ1v) is 15.7. The van der Waals surface area contributed by atoms with Crippen LogP contribution in [0.1, 0.15) is 84.6 Å². The molecule has 1 spiro atoms. The van der Waals surface area contributed by atoms with Gasteiger partial charge < -0.3 is 14.5 Å². The molecule has 4 aliphatic rings. The van der Waals surface area contributed by atoms with E-state index in [0.717, 1.165) is 32.5 Å². The highest BCUT2D eigenvalue weighted by molar-refractivity contribution is 6.07. The van der Waals surface area contributed by atoms with E-state index in [2.05, 4.69) is 60.9 Å². The summed E-state index contributed by atoms with van der Waals surface area (Å²) in [6.45, 7) is 13.9.